The summed E-state index contributed by atoms with van der Waals surface area (Å²) in [5, 5.41) is 15.1. The minimum absolute atomic E-state index is 0.0735. The van der Waals surface area contributed by atoms with Crippen molar-refractivity contribution in [3.05, 3.63) is 107 Å². The molecule has 0 aliphatic carbocycles. The van der Waals surface area contributed by atoms with Gasteiger partial charge in [0.1, 0.15) is 23.7 Å². The Balaban J connectivity index is 1.51. The Morgan fingerprint density at radius 3 is 2.52 bits per heavy atom. The normalized spacial score (nSPS) is 15.5. The lowest BCUT2D eigenvalue weighted by molar-refractivity contribution is -0.210. The molecule has 1 unspecified atom stereocenters. The summed E-state index contributed by atoms with van der Waals surface area (Å²) in [6, 6.07) is 23.6. The summed E-state index contributed by atoms with van der Waals surface area (Å²) in [5.41, 5.74) is 15.3. The lowest BCUT2D eigenvalue weighted by Crippen LogP contribution is -2.24. The molecule has 0 spiro atoms. The Morgan fingerprint density at radius 1 is 1.06 bits per heavy atom. The highest BCUT2D eigenvalue weighted by atomic mass is 16.5. The standard InChI is InChI=1S/C24H21N5O2/c25-21(16-6-2-1-3-7-16)20-22(26)24(30)28-23(20)17-9-11-19(12-10-17)31-14-15-5-4-8-18(13-15)29-27/h1-13,23,25,27H,14,26H2,(H,28,30)/p+1. The zero-order valence-corrected chi connectivity index (χ0v) is 16.7. The van der Waals surface area contributed by atoms with E-state index in [1.54, 1.807) is 0 Å². The first-order valence-electron chi connectivity index (χ1n) is 9.74. The highest BCUT2D eigenvalue weighted by Crippen LogP contribution is 2.32. The van der Waals surface area contributed by atoms with Gasteiger partial charge in [0, 0.05) is 5.57 Å². The van der Waals surface area contributed by atoms with E-state index in [0.717, 1.165) is 11.1 Å². The Kier molecular flexibility index (Phi) is 5.57. The van der Waals surface area contributed by atoms with Crippen LogP contribution >= 0.6 is 0 Å². The number of ether oxygens (including phenoxy) is 1. The maximum absolute atomic E-state index is 12.3. The molecule has 3 aromatic rings. The molecule has 1 amide bonds. The molecule has 0 aromatic heterocycles. The summed E-state index contributed by atoms with van der Waals surface area (Å²) in [4.78, 5) is 12.3. The third-order valence-electron chi connectivity index (χ3n) is 5.11. The van der Waals surface area contributed by atoms with Gasteiger partial charge in [0.25, 0.3) is 5.91 Å². The van der Waals surface area contributed by atoms with Gasteiger partial charge in [-0.2, -0.15) is 5.53 Å². The van der Waals surface area contributed by atoms with Crippen LogP contribution in [0.3, 0.4) is 0 Å². The van der Waals surface area contributed by atoms with E-state index in [4.69, 9.17) is 21.4 Å². The van der Waals surface area contributed by atoms with Crippen LogP contribution in [-0.2, 0) is 11.4 Å². The van der Waals surface area contributed by atoms with Crippen LogP contribution in [-0.4, -0.2) is 11.6 Å². The number of nitrogens with one attached hydrogen (secondary N) is 2. The zero-order valence-electron chi connectivity index (χ0n) is 16.7. The van der Waals surface area contributed by atoms with Crippen LogP contribution in [0.25, 0.3) is 0 Å². The second-order valence-corrected chi connectivity index (χ2v) is 7.13. The monoisotopic (exact) mass is 412 g/mol. The van der Waals surface area contributed by atoms with Gasteiger partial charge in [-0.15, -0.1) is 0 Å². The lowest BCUT2D eigenvalue weighted by atomic mass is 9.92. The van der Waals surface area contributed by atoms with Crippen molar-refractivity contribution >= 4 is 17.3 Å². The fraction of sp³-hybridized carbons (Fsp3) is 0.0833. The molecule has 0 fully saturated rings. The second-order valence-electron chi connectivity index (χ2n) is 7.13. The van der Waals surface area contributed by atoms with Gasteiger partial charge in [-0.3, -0.25) is 10.2 Å². The van der Waals surface area contributed by atoms with Gasteiger partial charge in [-0.1, -0.05) is 54.6 Å². The molecule has 0 saturated carbocycles. The largest absolute Gasteiger partial charge is 0.489 e. The van der Waals surface area contributed by atoms with Crippen molar-refractivity contribution in [1.29, 1.82) is 5.41 Å². The van der Waals surface area contributed by atoms with Crippen LogP contribution in [0, 0.1) is 5.41 Å². The van der Waals surface area contributed by atoms with Crippen molar-refractivity contribution in [3.8, 4) is 5.75 Å². The average Bonchev–Trinajstić information content (AvgIpc) is 3.12. The number of hydrogen-bond donors (Lipinski definition) is 4. The van der Waals surface area contributed by atoms with Gasteiger partial charge in [0.15, 0.2) is 0 Å². The van der Waals surface area contributed by atoms with E-state index in [0.29, 0.717) is 29.2 Å². The SMILES string of the molecule is N=C(C1=C(N)C(=O)NC1c1ccc(OCc2cccc(N=[NH2+])c2)cc1)c1ccccc1. The van der Waals surface area contributed by atoms with Gasteiger partial charge < -0.3 is 15.8 Å². The average molecular weight is 412 g/mol. The zero-order chi connectivity index (χ0) is 21.8. The topological polar surface area (TPSA) is 126 Å². The summed E-state index contributed by atoms with van der Waals surface area (Å²) >= 11 is 0. The molecule has 6 N–H and O–H groups in total. The Labute approximate surface area is 179 Å². The van der Waals surface area contributed by atoms with E-state index in [2.05, 4.69) is 10.4 Å². The predicted octanol–water partition coefficient (Wildman–Crippen LogP) is 2.56. The first-order valence-corrected chi connectivity index (χ1v) is 9.74. The first kappa shape index (κ1) is 20.0. The number of nitrogens with zero attached hydrogens (tertiary/aromatic N) is 1. The summed E-state index contributed by atoms with van der Waals surface area (Å²) in [6.07, 6.45) is 0. The van der Waals surface area contributed by atoms with E-state index in [9.17, 15) is 4.79 Å². The molecule has 1 aliphatic heterocycles. The Morgan fingerprint density at radius 2 is 1.81 bits per heavy atom. The maximum Gasteiger partial charge on any atom is 0.268 e. The molecule has 0 bridgehead atoms. The van der Waals surface area contributed by atoms with Crippen molar-refractivity contribution in [1.82, 2.24) is 5.32 Å². The van der Waals surface area contributed by atoms with Gasteiger partial charge >= 0.3 is 0 Å². The predicted molar refractivity (Wildman–Crippen MR) is 117 cm³/mol. The molecule has 31 heavy (non-hydrogen) atoms. The fourth-order valence-electron chi connectivity index (χ4n) is 3.50. The Hall–Kier alpha value is -4.26. The van der Waals surface area contributed by atoms with E-state index in [1.807, 2.05) is 78.9 Å². The summed E-state index contributed by atoms with van der Waals surface area (Å²) in [6.45, 7) is 0.375. The van der Waals surface area contributed by atoms with Crippen molar-refractivity contribution in [2.24, 2.45) is 10.8 Å². The molecular weight excluding hydrogens is 390 g/mol. The van der Waals surface area contributed by atoms with Crippen LogP contribution in [0.2, 0.25) is 0 Å². The van der Waals surface area contributed by atoms with Gasteiger partial charge in [0.2, 0.25) is 0 Å². The minimum atomic E-state index is -0.489. The fourth-order valence-corrected chi connectivity index (χ4v) is 3.50. The van der Waals surface area contributed by atoms with Crippen molar-refractivity contribution in [2.75, 3.05) is 0 Å². The molecular formula is C24H22N5O2+. The van der Waals surface area contributed by atoms with Crippen LogP contribution in [0.5, 0.6) is 5.75 Å². The molecule has 1 heterocycles. The van der Waals surface area contributed by atoms with Gasteiger partial charge in [-0.25, -0.2) is 0 Å². The molecule has 4 rings (SSSR count). The number of amides is 1. The molecule has 1 aliphatic rings. The van der Waals surface area contributed by atoms with E-state index >= 15 is 0 Å². The van der Waals surface area contributed by atoms with Gasteiger partial charge in [0.05, 0.1) is 11.8 Å². The quantitative estimate of drug-likeness (QED) is 0.352. The highest BCUT2D eigenvalue weighted by molar-refractivity contribution is 6.17. The molecule has 0 radical (unpaired) electrons. The number of nitrogens with two attached hydrogens (primary N) is 2. The van der Waals surface area contributed by atoms with Crippen molar-refractivity contribution < 1.29 is 15.1 Å². The number of carbonyl (C=O) groups excluding carboxylic acids is 1. The smallest absolute Gasteiger partial charge is 0.268 e. The van der Waals surface area contributed by atoms with Crippen LogP contribution in [0.15, 0.2) is 95.2 Å². The number of carbonyl (C=O) groups is 1. The van der Waals surface area contributed by atoms with E-state index in [1.165, 1.54) is 0 Å². The second kappa shape index (κ2) is 8.62. The third-order valence-corrected chi connectivity index (χ3v) is 5.11. The molecule has 1 atom stereocenters. The molecule has 0 saturated heterocycles. The third kappa shape index (κ3) is 4.20. The summed E-state index contributed by atoms with van der Waals surface area (Å²) in [5.74, 6) is 0.311. The first-order chi connectivity index (χ1) is 15.1. The Bertz CT molecular complexity index is 1170. The van der Waals surface area contributed by atoms with Crippen LogP contribution in [0.4, 0.5) is 5.69 Å². The lowest BCUT2D eigenvalue weighted by Gasteiger charge is -2.17. The summed E-state index contributed by atoms with van der Waals surface area (Å²) in [7, 11) is 0. The maximum atomic E-state index is 12.3. The van der Waals surface area contributed by atoms with Crippen molar-refractivity contribution in [3.63, 3.8) is 0 Å². The minimum Gasteiger partial charge on any atom is -0.489 e. The van der Waals surface area contributed by atoms with E-state index in [-0.39, 0.29) is 17.3 Å². The molecule has 7 heteroatoms. The van der Waals surface area contributed by atoms with Crippen LogP contribution < -0.4 is 21.3 Å². The molecule has 7 nitrogen and oxygen atoms in total. The number of rotatable bonds is 7. The highest BCUT2D eigenvalue weighted by Gasteiger charge is 2.34. The van der Waals surface area contributed by atoms with Crippen LogP contribution in [0.1, 0.15) is 22.7 Å². The van der Waals surface area contributed by atoms with E-state index < -0.39 is 6.04 Å². The number of benzene rings is 3. The van der Waals surface area contributed by atoms with Gasteiger partial charge in [-0.05, 0) is 46.1 Å². The van der Waals surface area contributed by atoms with Crippen molar-refractivity contribution in [2.45, 2.75) is 12.6 Å². The molecule has 154 valence electrons. The number of hydrogen-bond acceptors (Lipinski definition) is 5. The summed E-state index contributed by atoms with van der Waals surface area (Å²) < 4.78 is 5.85. The molecule has 3 aromatic carbocycles.